The van der Waals surface area contributed by atoms with E-state index in [1.165, 1.54) is 11.3 Å². The molecular formula is C38H45FN6O4S. The second kappa shape index (κ2) is 15.7. The van der Waals surface area contributed by atoms with Crippen LogP contribution in [0.25, 0.3) is 11.1 Å². The fourth-order valence-electron chi connectivity index (χ4n) is 6.79. The number of pyridine rings is 1. The molecule has 1 saturated carbocycles. The Hall–Kier alpha value is -4.39. The van der Waals surface area contributed by atoms with Gasteiger partial charge in [-0.2, -0.15) is 0 Å². The van der Waals surface area contributed by atoms with Crippen LogP contribution in [0.2, 0.25) is 0 Å². The number of carbonyl (C=O) groups excluding carboxylic acids is 2. The zero-order valence-corrected chi connectivity index (χ0v) is 29.7. The molecule has 0 unspecified atom stereocenters. The number of benzene rings is 2. The van der Waals surface area contributed by atoms with Crippen molar-refractivity contribution in [1.82, 2.24) is 30.8 Å². The second-order valence-corrected chi connectivity index (χ2v) is 14.8. The number of piperazine rings is 1. The van der Waals surface area contributed by atoms with E-state index in [2.05, 4.69) is 44.7 Å². The first-order chi connectivity index (χ1) is 24.0. The van der Waals surface area contributed by atoms with Crippen molar-refractivity contribution in [1.29, 1.82) is 0 Å². The largest absolute Gasteiger partial charge is 0.508 e. The molecule has 4 aromatic rings. The van der Waals surface area contributed by atoms with E-state index >= 15 is 0 Å². The van der Waals surface area contributed by atoms with Crippen LogP contribution in [0, 0.1) is 5.82 Å². The Morgan fingerprint density at radius 3 is 2.36 bits per heavy atom. The number of nitrogens with one attached hydrogen (secondary N) is 3. The number of phenolic OH excluding ortho intramolecular Hbond substituents is 1. The number of hydrogen-bond acceptors (Lipinski definition) is 9. The molecule has 0 bridgehead atoms. The van der Waals surface area contributed by atoms with E-state index in [9.17, 15) is 19.1 Å². The van der Waals surface area contributed by atoms with Gasteiger partial charge in [-0.05, 0) is 81.0 Å². The summed E-state index contributed by atoms with van der Waals surface area (Å²) in [6.07, 6.45) is 3.74. The summed E-state index contributed by atoms with van der Waals surface area (Å²) < 4.78 is 20.5. The van der Waals surface area contributed by atoms with Gasteiger partial charge in [0.25, 0.3) is 11.8 Å². The van der Waals surface area contributed by atoms with Crippen LogP contribution >= 0.6 is 11.3 Å². The number of hydrogen-bond donors (Lipinski definition) is 4. The molecule has 2 atom stereocenters. The molecule has 3 heterocycles. The minimum absolute atomic E-state index is 0.000582. The molecule has 4 N–H and O–H groups in total. The van der Waals surface area contributed by atoms with Crippen molar-refractivity contribution < 1.29 is 23.8 Å². The van der Waals surface area contributed by atoms with Crippen LogP contribution in [0.1, 0.15) is 90.7 Å². The number of halogens is 1. The predicted octanol–water partition coefficient (Wildman–Crippen LogP) is 6.62. The van der Waals surface area contributed by atoms with Gasteiger partial charge in [-0.1, -0.05) is 32.0 Å². The molecule has 0 radical (unpaired) electrons. The lowest BCUT2D eigenvalue weighted by molar-refractivity contribution is 0.0888. The zero-order chi connectivity index (χ0) is 35.4. The minimum atomic E-state index is -0.643. The summed E-state index contributed by atoms with van der Waals surface area (Å²) in [4.78, 5) is 37.1. The molecule has 2 aromatic carbocycles. The lowest BCUT2D eigenvalue weighted by Gasteiger charge is -2.36. The first-order valence-corrected chi connectivity index (χ1v) is 18.2. The molecule has 1 aliphatic heterocycles. The van der Waals surface area contributed by atoms with E-state index in [0.29, 0.717) is 55.8 Å². The highest BCUT2D eigenvalue weighted by Crippen LogP contribution is 2.32. The highest BCUT2D eigenvalue weighted by molar-refractivity contribution is 7.09. The first-order valence-electron chi connectivity index (χ1n) is 17.3. The minimum Gasteiger partial charge on any atom is -0.508 e. The van der Waals surface area contributed by atoms with Crippen LogP contribution in [0.4, 0.5) is 4.39 Å². The van der Waals surface area contributed by atoms with E-state index in [1.54, 1.807) is 17.5 Å². The molecule has 1 aliphatic carbocycles. The van der Waals surface area contributed by atoms with Gasteiger partial charge in [0.1, 0.15) is 28.6 Å². The third-order valence-corrected chi connectivity index (χ3v) is 10.3. The highest BCUT2D eigenvalue weighted by atomic mass is 32.1. The van der Waals surface area contributed by atoms with Crippen LogP contribution in [0.5, 0.6) is 17.4 Å². The van der Waals surface area contributed by atoms with Crippen molar-refractivity contribution >= 4 is 23.2 Å². The van der Waals surface area contributed by atoms with Crippen LogP contribution in [-0.4, -0.2) is 69.0 Å². The second-order valence-electron chi connectivity index (χ2n) is 13.9. The van der Waals surface area contributed by atoms with E-state index in [1.807, 2.05) is 44.2 Å². The Kier molecular flexibility index (Phi) is 11.1. The molecule has 2 aromatic heterocycles. The lowest BCUT2D eigenvalue weighted by atomic mass is 9.91. The van der Waals surface area contributed by atoms with Crippen molar-refractivity contribution in [3.05, 3.63) is 87.8 Å². The number of ether oxygens (including phenoxy) is 1. The van der Waals surface area contributed by atoms with Gasteiger partial charge in [0, 0.05) is 60.7 Å². The van der Waals surface area contributed by atoms with Crippen LogP contribution in [0.3, 0.4) is 0 Å². The summed E-state index contributed by atoms with van der Waals surface area (Å²) in [6, 6.07) is 14.7. The van der Waals surface area contributed by atoms with Crippen molar-refractivity contribution in [3.8, 4) is 28.5 Å². The monoisotopic (exact) mass is 700 g/mol. The zero-order valence-electron chi connectivity index (χ0n) is 28.9. The fourth-order valence-corrected chi connectivity index (χ4v) is 7.60. The summed E-state index contributed by atoms with van der Waals surface area (Å²) in [5, 5.41) is 23.0. The summed E-state index contributed by atoms with van der Waals surface area (Å²) in [7, 11) is 0. The van der Waals surface area contributed by atoms with Gasteiger partial charge >= 0.3 is 0 Å². The maximum atomic E-state index is 14.4. The lowest BCUT2D eigenvalue weighted by Crippen LogP contribution is -2.53. The Balaban J connectivity index is 1.08. The number of thiazole rings is 1. The number of aromatic hydroxyl groups is 1. The number of phenols is 1. The Morgan fingerprint density at radius 1 is 1.00 bits per heavy atom. The third kappa shape index (κ3) is 8.85. The molecule has 264 valence electrons. The number of rotatable bonds is 10. The SMILES string of the molecule is CC(C)c1nc(C(=O)N[C@H]2CC[C@H](NC(=O)c3cc(F)cnc3Oc3cccc(-c4ccc(O)c(CN5C[C@@H](C)N[C@@H](C)C5)c4)c3)CC2)cs1. The Bertz CT molecular complexity index is 1810. The van der Waals surface area contributed by atoms with Crippen LogP contribution in [-0.2, 0) is 6.54 Å². The van der Waals surface area contributed by atoms with Crippen molar-refractivity contribution in [2.75, 3.05) is 13.1 Å². The van der Waals surface area contributed by atoms with Gasteiger partial charge in [0.2, 0.25) is 5.88 Å². The third-order valence-electron chi connectivity index (χ3n) is 9.20. The molecule has 1 saturated heterocycles. The van der Waals surface area contributed by atoms with E-state index in [4.69, 9.17) is 4.74 Å². The molecule has 12 heteroatoms. The predicted molar refractivity (Wildman–Crippen MR) is 192 cm³/mol. The molecule has 0 spiro atoms. The van der Waals surface area contributed by atoms with Crippen molar-refractivity contribution in [2.24, 2.45) is 0 Å². The van der Waals surface area contributed by atoms with E-state index in [0.717, 1.165) is 47.1 Å². The average molecular weight is 701 g/mol. The number of carbonyl (C=O) groups is 2. The standard InChI is InChI=1S/C38H45FN6O4S/c1-22(2)38-44-33(21-50-38)36(48)43-30-11-9-29(10-12-30)42-35(47)32-16-28(39)17-40-37(32)49-31-7-5-6-25(15-31)26-8-13-34(46)27(14-26)20-45-18-23(3)41-24(4)19-45/h5-8,13-17,21-24,29-30,41,46H,9-12,18-20H2,1-4H3,(H,42,47)(H,43,48)/t23-,24+,29-,30-. The number of nitrogens with zero attached hydrogens (tertiary/aromatic N) is 3. The quantitative estimate of drug-likeness (QED) is 0.145. The number of aromatic nitrogens is 2. The van der Waals surface area contributed by atoms with Gasteiger partial charge < -0.3 is 25.8 Å². The van der Waals surface area contributed by atoms with Crippen LogP contribution in [0.15, 0.2) is 60.1 Å². The van der Waals surface area contributed by atoms with Gasteiger partial charge in [0.15, 0.2) is 0 Å². The van der Waals surface area contributed by atoms with Crippen LogP contribution < -0.4 is 20.7 Å². The Morgan fingerprint density at radius 2 is 1.68 bits per heavy atom. The van der Waals surface area contributed by atoms with Gasteiger partial charge in [-0.3, -0.25) is 14.5 Å². The molecule has 2 fully saturated rings. The molecular weight excluding hydrogens is 656 g/mol. The molecule has 10 nitrogen and oxygen atoms in total. The van der Waals surface area contributed by atoms with Gasteiger partial charge in [-0.25, -0.2) is 14.4 Å². The van der Waals surface area contributed by atoms with Crippen molar-refractivity contribution in [3.63, 3.8) is 0 Å². The maximum absolute atomic E-state index is 14.4. The topological polar surface area (TPSA) is 129 Å². The fraction of sp³-hybridized carbons (Fsp3) is 0.421. The number of amides is 2. The normalized spacial score (nSPS) is 21.2. The maximum Gasteiger partial charge on any atom is 0.270 e. The molecule has 2 aliphatic rings. The summed E-state index contributed by atoms with van der Waals surface area (Å²) in [5.74, 6) is -0.339. The summed E-state index contributed by atoms with van der Waals surface area (Å²) >= 11 is 1.49. The van der Waals surface area contributed by atoms with Gasteiger partial charge in [0.05, 0.1) is 11.2 Å². The smallest absolute Gasteiger partial charge is 0.270 e. The molecule has 2 amide bonds. The highest BCUT2D eigenvalue weighted by Gasteiger charge is 2.27. The van der Waals surface area contributed by atoms with Crippen molar-refractivity contribution in [2.45, 2.75) is 90.0 Å². The van der Waals surface area contributed by atoms with Gasteiger partial charge in [-0.15, -0.1) is 11.3 Å². The van der Waals surface area contributed by atoms with E-state index < -0.39 is 11.7 Å². The average Bonchev–Trinajstić information content (AvgIpc) is 3.59. The molecule has 6 rings (SSSR count). The van der Waals surface area contributed by atoms with E-state index in [-0.39, 0.29) is 41.1 Å². The first kappa shape index (κ1) is 35.4. The molecule has 50 heavy (non-hydrogen) atoms. The summed E-state index contributed by atoms with van der Waals surface area (Å²) in [5.41, 5.74) is 3.04. The Labute approximate surface area is 296 Å². The summed E-state index contributed by atoms with van der Waals surface area (Å²) in [6.45, 7) is 10.8.